The highest BCUT2D eigenvalue weighted by molar-refractivity contribution is 7.99. The van der Waals surface area contributed by atoms with Gasteiger partial charge in [0.25, 0.3) is 0 Å². The summed E-state index contributed by atoms with van der Waals surface area (Å²) in [5, 5.41) is 12.5. The normalized spacial score (nSPS) is 12.9. The van der Waals surface area contributed by atoms with Crippen LogP contribution in [0.1, 0.15) is 38.7 Å². The second-order valence-electron chi connectivity index (χ2n) is 4.80. The average molecular weight is 267 g/mol. The zero-order valence-electron chi connectivity index (χ0n) is 11.6. The maximum atomic E-state index is 9.18. The number of benzene rings is 1. The molecule has 0 spiro atoms. The van der Waals surface area contributed by atoms with Gasteiger partial charge in [-0.1, -0.05) is 32.9 Å². The van der Waals surface area contributed by atoms with Gasteiger partial charge in [-0.3, -0.25) is 0 Å². The predicted octanol–water partition coefficient (Wildman–Crippen LogP) is 3.26. The van der Waals surface area contributed by atoms with Gasteiger partial charge in [0, 0.05) is 10.9 Å². The second kappa shape index (κ2) is 8.57. The van der Waals surface area contributed by atoms with Crippen LogP contribution in [0, 0.1) is 0 Å². The van der Waals surface area contributed by atoms with E-state index in [1.165, 1.54) is 10.5 Å². The molecular formula is C15H25NOS. The van der Waals surface area contributed by atoms with Gasteiger partial charge in [0.05, 0.1) is 6.61 Å². The summed E-state index contributed by atoms with van der Waals surface area (Å²) < 4.78 is 0. The van der Waals surface area contributed by atoms with Crippen molar-refractivity contribution in [1.29, 1.82) is 0 Å². The van der Waals surface area contributed by atoms with Gasteiger partial charge in [-0.25, -0.2) is 0 Å². The van der Waals surface area contributed by atoms with Crippen molar-refractivity contribution in [1.82, 2.24) is 5.32 Å². The predicted molar refractivity (Wildman–Crippen MR) is 80.4 cm³/mol. The van der Waals surface area contributed by atoms with Gasteiger partial charge >= 0.3 is 0 Å². The van der Waals surface area contributed by atoms with Crippen molar-refractivity contribution in [2.45, 2.75) is 44.0 Å². The summed E-state index contributed by atoms with van der Waals surface area (Å²) in [6.07, 6.45) is 1.00. The molecule has 0 heterocycles. The molecule has 0 saturated heterocycles. The zero-order valence-corrected chi connectivity index (χ0v) is 12.5. The highest BCUT2D eigenvalue weighted by Crippen LogP contribution is 2.22. The third-order valence-electron chi connectivity index (χ3n) is 2.99. The van der Waals surface area contributed by atoms with Crippen LogP contribution in [0.15, 0.2) is 29.2 Å². The Kier molecular flexibility index (Phi) is 7.40. The average Bonchev–Trinajstić information content (AvgIpc) is 2.38. The molecule has 2 nitrogen and oxygen atoms in total. The van der Waals surface area contributed by atoms with E-state index in [1.807, 2.05) is 11.8 Å². The first-order valence-electron chi connectivity index (χ1n) is 6.74. The standard InChI is InChI=1S/C15H25NOS/c1-4-16-14(11-17)9-10-18-15-7-5-13(6-8-15)12(2)3/h5-8,12,14,16-17H,4,9-11H2,1-3H3. The first-order valence-corrected chi connectivity index (χ1v) is 7.73. The van der Waals surface area contributed by atoms with Crippen LogP contribution in [-0.2, 0) is 0 Å². The lowest BCUT2D eigenvalue weighted by Crippen LogP contribution is -2.32. The van der Waals surface area contributed by atoms with Gasteiger partial charge in [-0.15, -0.1) is 11.8 Å². The molecule has 1 unspecified atom stereocenters. The number of thioether (sulfide) groups is 1. The molecular weight excluding hydrogens is 242 g/mol. The Balaban J connectivity index is 2.34. The molecule has 1 aromatic carbocycles. The molecule has 0 amide bonds. The van der Waals surface area contributed by atoms with Gasteiger partial charge in [-0.05, 0) is 42.3 Å². The molecule has 0 aromatic heterocycles. The van der Waals surface area contributed by atoms with Gasteiger partial charge in [0.2, 0.25) is 0 Å². The quantitative estimate of drug-likeness (QED) is 0.709. The van der Waals surface area contributed by atoms with Crippen molar-refractivity contribution in [2.75, 3.05) is 18.9 Å². The Labute approximate surface area is 115 Å². The first-order chi connectivity index (χ1) is 8.67. The molecule has 0 aliphatic rings. The van der Waals surface area contributed by atoms with Crippen LogP contribution in [0.4, 0.5) is 0 Å². The van der Waals surface area contributed by atoms with E-state index in [-0.39, 0.29) is 12.6 Å². The Morgan fingerprint density at radius 3 is 2.39 bits per heavy atom. The van der Waals surface area contributed by atoms with E-state index >= 15 is 0 Å². The number of aliphatic hydroxyl groups excluding tert-OH is 1. The van der Waals surface area contributed by atoms with E-state index in [1.54, 1.807) is 0 Å². The molecule has 0 aliphatic carbocycles. The van der Waals surface area contributed by atoms with Crippen LogP contribution < -0.4 is 5.32 Å². The molecule has 0 bridgehead atoms. The first kappa shape index (κ1) is 15.5. The van der Waals surface area contributed by atoms with Crippen molar-refractivity contribution in [3.63, 3.8) is 0 Å². The summed E-state index contributed by atoms with van der Waals surface area (Å²) in [5.74, 6) is 1.63. The van der Waals surface area contributed by atoms with E-state index in [2.05, 4.69) is 50.4 Å². The van der Waals surface area contributed by atoms with E-state index in [0.29, 0.717) is 5.92 Å². The largest absolute Gasteiger partial charge is 0.395 e. The molecule has 0 aliphatic heterocycles. The monoisotopic (exact) mass is 267 g/mol. The van der Waals surface area contributed by atoms with E-state index in [0.717, 1.165) is 18.7 Å². The van der Waals surface area contributed by atoms with Crippen molar-refractivity contribution >= 4 is 11.8 Å². The number of likely N-dealkylation sites (N-methyl/N-ethyl adjacent to an activating group) is 1. The van der Waals surface area contributed by atoms with Crippen LogP contribution >= 0.6 is 11.8 Å². The van der Waals surface area contributed by atoms with Crippen molar-refractivity contribution < 1.29 is 5.11 Å². The number of hydrogen-bond acceptors (Lipinski definition) is 3. The molecule has 2 N–H and O–H groups in total. The highest BCUT2D eigenvalue weighted by atomic mass is 32.2. The van der Waals surface area contributed by atoms with E-state index in [4.69, 9.17) is 0 Å². The molecule has 0 saturated carbocycles. The summed E-state index contributed by atoms with van der Waals surface area (Å²) in [6, 6.07) is 9.04. The van der Waals surface area contributed by atoms with Crippen molar-refractivity contribution in [2.24, 2.45) is 0 Å². The molecule has 0 fully saturated rings. The molecule has 0 radical (unpaired) electrons. The lowest BCUT2D eigenvalue weighted by molar-refractivity contribution is 0.242. The molecule has 1 atom stereocenters. The van der Waals surface area contributed by atoms with Crippen LogP contribution in [0.25, 0.3) is 0 Å². The fourth-order valence-electron chi connectivity index (χ4n) is 1.81. The second-order valence-corrected chi connectivity index (χ2v) is 5.97. The summed E-state index contributed by atoms with van der Waals surface area (Å²) >= 11 is 1.86. The smallest absolute Gasteiger partial charge is 0.0584 e. The van der Waals surface area contributed by atoms with Crippen LogP contribution in [-0.4, -0.2) is 30.1 Å². The van der Waals surface area contributed by atoms with E-state index < -0.39 is 0 Å². The number of hydrogen-bond donors (Lipinski definition) is 2. The van der Waals surface area contributed by atoms with Gasteiger partial charge in [-0.2, -0.15) is 0 Å². The minimum Gasteiger partial charge on any atom is -0.395 e. The molecule has 102 valence electrons. The van der Waals surface area contributed by atoms with Crippen LogP contribution in [0.3, 0.4) is 0 Å². The van der Waals surface area contributed by atoms with Crippen molar-refractivity contribution in [3.05, 3.63) is 29.8 Å². The molecule has 1 rings (SSSR count). The Morgan fingerprint density at radius 1 is 1.22 bits per heavy atom. The zero-order chi connectivity index (χ0) is 13.4. The van der Waals surface area contributed by atoms with Crippen molar-refractivity contribution in [3.8, 4) is 0 Å². The minimum absolute atomic E-state index is 0.223. The lowest BCUT2D eigenvalue weighted by atomic mass is 10.0. The summed E-state index contributed by atoms with van der Waals surface area (Å²) in [4.78, 5) is 1.31. The van der Waals surface area contributed by atoms with Crippen LogP contribution in [0.2, 0.25) is 0 Å². The molecule has 3 heteroatoms. The summed E-state index contributed by atoms with van der Waals surface area (Å²) in [6.45, 7) is 7.63. The van der Waals surface area contributed by atoms with Gasteiger partial charge < -0.3 is 10.4 Å². The van der Waals surface area contributed by atoms with Gasteiger partial charge in [0.15, 0.2) is 0 Å². The Bertz CT molecular complexity index is 324. The summed E-state index contributed by atoms with van der Waals surface area (Å²) in [7, 11) is 0. The van der Waals surface area contributed by atoms with E-state index in [9.17, 15) is 5.11 Å². The third-order valence-corrected chi connectivity index (χ3v) is 4.04. The van der Waals surface area contributed by atoms with Gasteiger partial charge in [0.1, 0.15) is 0 Å². The minimum atomic E-state index is 0.223. The number of nitrogens with one attached hydrogen (secondary N) is 1. The summed E-state index contributed by atoms with van der Waals surface area (Å²) in [5.41, 5.74) is 1.39. The SMILES string of the molecule is CCNC(CO)CCSc1ccc(C(C)C)cc1. The third kappa shape index (κ3) is 5.42. The Morgan fingerprint density at radius 2 is 1.89 bits per heavy atom. The fourth-order valence-corrected chi connectivity index (χ4v) is 2.78. The highest BCUT2D eigenvalue weighted by Gasteiger charge is 2.05. The maximum absolute atomic E-state index is 9.18. The number of rotatable bonds is 8. The number of aliphatic hydroxyl groups is 1. The molecule has 1 aromatic rings. The Hall–Kier alpha value is -0.510. The van der Waals surface area contributed by atoms with Crippen LogP contribution in [0.5, 0.6) is 0 Å². The molecule has 18 heavy (non-hydrogen) atoms. The fraction of sp³-hybridized carbons (Fsp3) is 0.600. The lowest BCUT2D eigenvalue weighted by Gasteiger charge is -2.14. The maximum Gasteiger partial charge on any atom is 0.0584 e. The topological polar surface area (TPSA) is 32.3 Å².